The van der Waals surface area contributed by atoms with E-state index in [1.165, 1.54) is 16.3 Å². The third-order valence-electron chi connectivity index (χ3n) is 5.10. The molecule has 0 unspecified atom stereocenters. The second-order valence-electron chi connectivity index (χ2n) is 6.74. The van der Waals surface area contributed by atoms with E-state index in [4.69, 9.17) is 4.74 Å². The van der Waals surface area contributed by atoms with Crippen LogP contribution in [0.3, 0.4) is 0 Å². The number of benzene rings is 3. The maximum atomic E-state index is 12.9. The maximum Gasteiger partial charge on any atom is 0.252 e. The van der Waals surface area contributed by atoms with E-state index in [0.717, 1.165) is 18.4 Å². The first-order valence-corrected chi connectivity index (χ1v) is 8.58. The van der Waals surface area contributed by atoms with Gasteiger partial charge in [-0.15, -0.1) is 0 Å². The summed E-state index contributed by atoms with van der Waals surface area (Å²) in [4.78, 5) is 12.9. The lowest BCUT2D eigenvalue weighted by molar-refractivity contribution is 0.0930. The van der Waals surface area contributed by atoms with Crippen LogP contribution in [0.5, 0.6) is 5.75 Å². The quantitative estimate of drug-likeness (QED) is 0.760. The Kier molecular flexibility index (Phi) is 3.72. The summed E-state index contributed by atoms with van der Waals surface area (Å²) in [5.74, 6) is 0.660. The normalized spacial score (nSPS) is 15.0. The molecule has 1 aliphatic rings. The predicted molar refractivity (Wildman–Crippen MR) is 100 cm³/mol. The van der Waals surface area contributed by atoms with Gasteiger partial charge in [0.1, 0.15) is 5.75 Å². The minimum Gasteiger partial charge on any atom is -0.497 e. The molecule has 0 bridgehead atoms. The number of ether oxygens (including phenoxy) is 1. The number of nitrogens with one attached hydrogen (secondary N) is 1. The van der Waals surface area contributed by atoms with E-state index in [0.29, 0.717) is 11.3 Å². The average Bonchev–Trinajstić information content (AvgIpc) is 3.42. The highest BCUT2D eigenvalue weighted by atomic mass is 16.5. The van der Waals surface area contributed by atoms with Crippen LogP contribution in [0.25, 0.3) is 10.8 Å². The first-order chi connectivity index (χ1) is 12.1. The fourth-order valence-corrected chi connectivity index (χ4v) is 3.49. The van der Waals surface area contributed by atoms with Crippen LogP contribution in [0.1, 0.15) is 34.3 Å². The summed E-state index contributed by atoms with van der Waals surface area (Å²) >= 11 is 0. The van der Waals surface area contributed by atoms with Gasteiger partial charge < -0.3 is 10.1 Å². The van der Waals surface area contributed by atoms with Crippen molar-refractivity contribution in [1.82, 2.24) is 5.32 Å². The molecule has 0 aromatic heterocycles. The van der Waals surface area contributed by atoms with Crippen molar-refractivity contribution in [3.8, 4) is 5.75 Å². The largest absolute Gasteiger partial charge is 0.497 e. The van der Waals surface area contributed by atoms with Crippen LogP contribution >= 0.6 is 0 Å². The Morgan fingerprint density at radius 3 is 2.56 bits per heavy atom. The number of hydrogen-bond donors (Lipinski definition) is 1. The zero-order valence-corrected chi connectivity index (χ0v) is 14.5. The molecular weight excluding hydrogens is 310 g/mol. The van der Waals surface area contributed by atoms with Crippen molar-refractivity contribution in [3.63, 3.8) is 0 Å². The molecule has 1 amide bonds. The van der Waals surface area contributed by atoms with Crippen LogP contribution in [-0.4, -0.2) is 13.0 Å². The van der Waals surface area contributed by atoms with E-state index in [-0.39, 0.29) is 11.4 Å². The van der Waals surface area contributed by atoms with Gasteiger partial charge in [0.05, 0.1) is 12.6 Å². The summed E-state index contributed by atoms with van der Waals surface area (Å²) in [6.45, 7) is 1.95. The number of methoxy groups -OCH3 is 1. The molecule has 0 radical (unpaired) electrons. The zero-order chi connectivity index (χ0) is 17.4. The molecule has 3 nitrogen and oxygen atoms in total. The molecular formula is C22H21NO2. The van der Waals surface area contributed by atoms with Gasteiger partial charge in [-0.05, 0) is 53.8 Å². The summed E-state index contributed by atoms with van der Waals surface area (Å²) in [5.41, 5.74) is 2.57. The van der Waals surface area contributed by atoms with Gasteiger partial charge >= 0.3 is 0 Å². The van der Waals surface area contributed by atoms with Crippen molar-refractivity contribution in [2.45, 2.75) is 25.3 Å². The van der Waals surface area contributed by atoms with Crippen LogP contribution in [0.4, 0.5) is 0 Å². The summed E-state index contributed by atoms with van der Waals surface area (Å²) in [6, 6.07) is 20.3. The van der Waals surface area contributed by atoms with Gasteiger partial charge in [0.2, 0.25) is 0 Å². The summed E-state index contributed by atoms with van der Waals surface area (Å²) in [7, 11) is 1.62. The van der Waals surface area contributed by atoms with E-state index in [9.17, 15) is 4.79 Å². The van der Waals surface area contributed by atoms with Crippen LogP contribution in [0.2, 0.25) is 0 Å². The van der Waals surface area contributed by atoms with Crippen molar-refractivity contribution >= 4 is 16.7 Å². The fourth-order valence-electron chi connectivity index (χ4n) is 3.49. The average molecular weight is 331 g/mol. The summed E-state index contributed by atoms with van der Waals surface area (Å²) in [6.07, 6.45) is 1.94. The Balaban J connectivity index is 1.69. The van der Waals surface area contributed by atoms with Crippen molar-refractivity contribution < 1.29 is 9.53 Å². The molecule has 3 aromatic rings. The Morgan fingerprint density at radius 2 is 1.80 bits per heavy atom. The van der Waals surface area contributed by atoms with Gasteiger partial charge in [0.25, 0.3) is 5.91 Å². The number of hydrogen-bond acceptors (Lipinski definition) is 2. The third-order valence-corrected chi connectivity index (χ3v) is 5.10. The van der Waals surface area contributed by atoms with Gasteiger partial charge in [-0.2, -0.15) is 0 Å². The van der Waals surface area contributed by atoms with Gasteiger partial charge in [-0.1, -0.05) is 48.5 Å². The van der Waals surface area contributed by atoms with E-state index in [1.807, 2.05) is 31.2 Å². The summed E-state index contributed by atoms with van der Waals surface area (Å²) < 4.78 is 5.27. The molecule has 4 rings (SSSR count). The molecule has 0 spiro atoms. The molecule has 0 heterocycles. The van der Waals surface area contributed by atoms with Gasteiger partial charge in [-0.25, -0.2) is 0 Å². The monoisotopic (exact) mass is 331 g/mol. The number of carbonyl (C=O) groups excluding carboxylic acids is 1. The SMILES string of the molecule is COc1ccc(C)c(C(=O)NC2(c3cccc4ccccc34)CC2)c1. The smallest absolute Gasteiger partial charge is 0.252 e. The van der Waals surface area contributed by atoms with Crippen molar-refractivity contribution in [3.05, 3.63) is 77.4 Å². The molecule has 0 saturated heterocycles. The first kappa shape index (κ1) is 15.7. The lowest BCUT2D eigenvalue weighted by Gasteiger charge is -2.21. The van der Waals surface area contributed by atoms with Crippen molar-refractivity contribution in [2.75, 3.05) is 7.11 Å². The molecule has 1 N–H and O–H groups in total. The Morgan fingerprint density at radius 1 is 1.04 bits per heavy atom. The van der Waals surface area contributed by atoms with Crippen LogP contribution in [-0.2, 0) is 5.54 Å². The topological polar surface area (TPSA) is 38.3 Å². The fraction of sp³-hybridized carbons (Fsp3) is 0.227. The molecule has 3 heteroatoms. The standard InChI is InChI=1S/C22H21NO2/c1-15-10-11-17(25-2)14-19(15)21(24)23-22(12-13-22)20-9-5-7-16-6-3-4-8-18(16)20/h3-11,14H,12-13H2,1-2H3,(H,23,24). The van der Waals surface area contributed by atoms with Gasteiger partial charge in [0, 0.05) is 5.56 Å². The highest BCUT2D eigenvalue weighted by Gasteiger charge is 2.46. The van der Waals surface area contributed by atoms with Crippen LogP contribution < -0.4 is 10.1 Å². The molecule has 1 aliphatic carbocycles. The Labute approximate surface area is 147 Å². The molecule has 1 saturated carbocycles. The number of carbonyl (C=O) groups is 1. The molecule has 0 atom stereocenters. The number of rotatable bonds is 4. The Bertz CT molecular complexity index is 952. The molecule has 3 aromatic carbocycles. The molecule has 0 aliphatic heterocycles. The van der Waals surface area contributed by atoms with E-state index >= 15 is 0 Å². The molecule has 126 valence electrons. The van der Waals surface area contributed by atoms with Crippen molar-refractivity contribution in [2.24, 2.45) is 0 Å². The molecule has 25 heavy (non-hydrogen) atoms. The van der Waals surface area contributed by atoms with Crippen molar-refractivity contribution in [1.29, 1.82) is 0 Å². The third kappa shape index (κ3) is 2.76. The number of amides is 1. The van der Waals surface area contributed by atoms with E-state index in [1.54, 1.807) is 7.11 Å². The lowest BCUT2D eigenvalue weighted by atomic mass is 9.96. The molecule has 1 fully saturated rings. The van der Waals surface area contributed by atoms with E-state index in [2.05, 4.69) is 41.7 Å². The predicted octanol–water partition coefficient (Wildman–Crippen LogP) is 4.58. The minimum absolute atomic E-state index is 0.0400. The van der Waals surface area contributed by atoms with Crippen LogP contribution in [0.15, 0.2) is 60.7 Å². The second-order valence-corrected chi connectivity index (χ2v) is 6.74. The highest BCUT2D eigenvalue weighted by molar-refractivity contribution is 5.97. The lowest BCUT2D eigenvalue weighted by Crippen LogP contribution is -2.35. The number of fused-ring (bicyclic) bond motifs is 1. The van der Waals surface area contributed by atoms with Crippen LogP contribution in [0, 0.1) is 6.92 Å². The second kappa shape index (κ2) is 5.92. The zero-order valence-electron chi connectivity index (χ0n) is 14.5. The van der Waals surface area contributed by atoms with Gasteiger partial charge in [0.15, 0.2) is 0 Å². The Hall–Kier alpha value is -2.81. The first-order valence-electron chi connectivity index (χ1n) is 8.58. The van der Waals surface area contributed by atoms with Gasteiger partial charge in [-0.3, -0.25) is 4.79 Å². The van der Waals surface area contributed by atoms with E-state index < -0.39 is 0 Å². The summed E-state index contributed by atoms with van der Waals surface area (Å²) in [5, 5.41) is 5.71. The number of aryl methyl sites for hydroxylation is 1. The highest BCUT2D eigenvalue weighted by Crippen LogP contribution is 2.48. The maximum absolute atomic E-state index is 12.9. The minimum atomic E-state index is -0.256.